The minimum Gasteiger partial charge on any atom is -0.342 e. The Morgan fingerprint density at radius 1 is 0.806 bits per heavy atom. The van der Waals surface area contributed by atoms with Crippen LogP contribution in [0.1, 0.15) is 24.0 Å². The Labute approximate surface area is 212 Å². The lowest BCUT2D eigenvalue weighted by atomic mass is 10.1. The molecule has 5 rings (SSSR count). The quantitative estimate of drug-likeness (QED) is 0.484. The van der Waals surface area contributed by atoms with E-state index in [1.807, 2.05) is 75.3 Å². The molecule has 2 saturated heterocycles. The number of nitrogens with zero attached hydrogens (tertiary/aromatic N) is 5. The van der Waals surface area contributed by atoms with Crippen molar-refractivity contribution in [3.8, 4) is 11.3 Å². The van der Waals surface area contributed by atoms with Crippen LogP contribution >= 0.6 is 0 Å². The van der Waals surface area contributed by atoms with Gasteiger partial charge in [-0.25, -0.2) is 0 Å². The number of piperazine rings is 1. The van der Waals surface area contributed by atoms with E-state index in [0.717, 1.165) is 55.8 Å². The van der Waals surface area contributed by atoms with Gasteiger partial charge in [0.05, 0.1) is 18.8 Å². The standard InChI is InChI=1S/C29H33N5O2/c35-27(33-19-17-31(18-20-33)23-28(36)32-15-7-8-16-32)14-13-26-22-34(21-24-9-3-1-4-10-24)30-29(26)25-11-5-2-6-12-25/h1-6,9-14,22H,7-8,15-21,23H2. The molecule has 0 aliphatic carbocycles. The third kappa shape index (κ3) is 5.91. The number of carbonyl (C=O) groups is 2. The van der Waals surface area contributed by atoms with Crippen molar-refractivity contribution in [2.45, 2.75) is 19.4 Å². The molecule has 0 saturated carbocycles. The van der Waals surface area contributed by atoms with E-state index in [1.165, 1.54) is 5.56 Å². The van der Waals surface area contributed by atoms with E-state index in [9.17, 15) is 9.59 Å². The summed E-state index contributed by atoms with van der Waals surface area (Å²) in [5, 5.41) is 4.83. The van der Waals surface area contributed by atoms with Crippen LogP contribution < -0.4 is 0 Å². The average molecular weight is 484 g/mol. The summed E-state index contributed by atoms with van der Waals surface area (Å²) in [7, 11) is 0. The molecule has 2 amide bonds. The zero-order valence-corrected chi connectivity index (χ0v) is 20.6. The van der Waals surface area contributed by atoms with Crippen LogP contribution in [-0.2, 0) is 16.1 Å². The Morgan fingerprint density at radius 2 is 1.47 bits per heavy atom. The number of hydrogen-bond donors (Lipinski definition) is 0. The van der Waals surface area contributed by atoms with E-state index in [1.54, 1.807) is 6.08 Å². The van der Waals surface area contributed by atoms with Crippen molar-refractivity contribution in [2.75, 3.05) is 45.8 Å². The summed E-state index contributed by atoms with van der Waals surface area (Å²) in [6, 6.07) is 20.3. The van der Waals surface area contributed by atoms with Gasteiger partial charge in [-0.1, -0.05) is 60.7 Å². The first kappa shape index (κ1) is 24.0. The van der Waals surface area contributed by atoms with Gasteiger partial charge in [-0.05, 0) is 24.5 Å². The van der Waals surface area contributed by atoms with E-state index < -0.39 is 0 Å². The summed E-state index contributed by atoms with van der Waals surface area (Å²) < 4.78 is 1.93. The monoisotopic (exact) mass is 483 g/mol. The fourth-order valence-electron chi connectivity index (χ4n) is 4.88. The normalized spacial score (nSPS) is 16.7. The van der Waals surface area contributed by atoms with Crippen LogP contribution in [0.4, 0.5) is 0 Å². The molecular weight excluding hydrogens is 450 g/mol. The predicted octanol–water partition coefficient (Wildman–Crippen LogP) is 3.38. The zero-order valence-electron chi connectivity index (χ0n) is 20.6. The van der Waals surface area contributed by atoms with E-state index in [0.29, 0.717) is 26.2 Å². The number of rotatable bonds is 7. The van der Waals surface area contributed by atoms with Crippen LogP contribution in [0.15, 0.2) is 72.9 Å². The van der Waals surface area contributed by atoms with Gasteiger partial charge in [0.1, 0.15) is 0 Å². The summed E-state index contributed by atoms with van der Waals surface area (Å²) in [5.74, 6) is 0.212. The van der Waals surface area contributed by atoms with Crippen molar-refractivity contribution in [3.05, 3.63) is 84.1 Å². The summed E-state index contributed by atoms with van der Waals surface area (Å²) in [5.41, 5.74) is 3.97. The molecule has 2 fully saturated rings. The number of carbonyl (C=O) groups excluding carboxylic acids is 2. The molecule has 0 N–H and O–H groups in total. The number of hydrogen-bond acceptors (Lipinski definition) is 4. The SMILES string of the molecule is O=C(C=Cc1cn(Cc2ccccc2)nc1-c1ccccc1)N1CCN(CC(=O)N2CCCC2)CC1. The topological polar surface area (TPSA) is 61.7 Å². The number of amides is 2. The Balaban J connectivity index is 1.23. The molecule has 36 heavy (non-hydrogen) atoms. The molecule has 0 unspecified atom stereocenters. The molecule has 3 aromatic rings. The second-order valence-corrected chi connectivity index (χ2v) is 9.50. The van der Waals surface area contributed by atoms with E-state index >= 15 is 0 Å². The molecule has 186 valence electrons. The Kier molecular flexibility index (Phi) is 7.57. The molecule has 0 radical (unpaired) electrons. The first-order chi connectivity index (χ1) is 17.7. The molecule has 0 bridgehead atoms. The van der Waals surface area contributed by atoms with E-state index in [4.69, 9.17) is 5.10 Å². The molecule has 2 aliphatic rings. The van der Waals surface area contributed by atoms with Gasteiger partial charge in [-0.3, -0.25) is 19.2 Å². The van der Waals surface area contributed by atoms with Crippen LogP contribution in [0.2, 0.25) is 0 Å². The average Bonchev–Trinajstić information content (AvgIpc) is 3.60. The minimum atomic E-state index is -0.00431. The first-order valence-electron chi connectivity index (χ1n) is 12.8. The molecule has 2 aliphatic heterocycles. The highest BCUT2D eigenvalue weighted by atomic mass is 16.2. The minimum absolute atomic E-state index is 0.00431. The van der Waals surface area contributed by atoms with Crippen molar-refractivity contribution in [1.82, 2.24) is 24.5 Å². The summed E-state index contributed by atoms with van der Waals surface area (Å²) >= 11 is 0. The van der Waals surface area contributed by atoms with Crippen LogP contribution in [-0.4, -0.2) is 82.1 Å². The molecule has 3 heterocycles. The first-order valence-corrected chi connectivity index (χ1v) is 12.8. The van der Waals surface area contributed by atoms with Gasteiger partial charge in [0.25, 0.3) is 0 Å². The highest BCUT2D eigenvalue weighted by Gasteiger charge is 2.24. The van der Waals surface area contributed by atoms with Gasteiger partial charge < -0.3 is 9.80 Å². The van der Waals surface area contributed by atoms with Crippen LogP contribution in [0.5, 0.6) is 0 Å². The van der Waals surface area contributed by atoms with Crippen molar-refractivity contribution >= 4 is 17.9 Å². The van der Waals surface area contributed by atoms with Gasteiger partial charge in [-0.2, -0.15) is 5.10 Å². The maximum atomic E-state index is 13.0. The predicted molar refractivity (Wildman–Crippen MR) is 141 cm³/mol. The molecule has 7 heteroatoms. The van der Waals surface area contributed by atoms with Gasteiger partial charge in [0.2, 0.25) is 11.8 Å². The van der Waals surface area contributed by atoms with Crippen LogP contribution in [0, 0.1) is 0 Å². The highest BCUT2D eigenvalue weighted by Crippen LogP contribution is 2.24. The van der Waals surface area contributed by atoms with Crippen LogP contribution in [0.25, 0.3) is 17.3 Å². The molecule has 0 spiro atoms. The van der Waals surface area contributed by atoms with Gasteiger partial charge in [0, 0.05) is 62.7 Å². The highest BCUT2D eigenvalue weighted by molar-refractivity contribution is 5.93. The van der Waals surface area contributed by atoms with Crippen molar-refractivity contribution in [3.63, 3.8) is 0 Å². The molecule has 0 atom stereocenters. The smallest absolute Gasteiger partial charge is 0.246 e. The van der Waals surface area contributed by atoms with Crippen molar-refractivity contribution in [1.29, 1.82) is 0 Å². The Hall–Kier alpha value is -3.71. The van der Waals surface area contributed by atoms with Crippen molar-refractivity contribution < 1.29 is 9.59 Å². The third-order valence-electron chi connectivity index (χ3n) is 6.93. The maximum Gasteiger partial charge on any atom is 0.246 e. The van der Waals surface area contributed by atoms with E-state index in [-0.39, 0.29) is 11.8 Å². The summed E-state index contributed by atoms with van der Waals surface area (Å²) in [6.45, 7) is 5.61. The Bertz CT molecular complexity index is 1190. The molecule has 2 aromatic carbocycles. The summed E-state index contributed by atoms with van der Waals surface area (Å²) in [4.78, 5) is 31.4. The maximum absolute atomic E-state index is 13.0. The lowest BCUT2D eigenvalue weighted by Crippen LogP contribution is -2.51. The van der Waals surface area contributed by atoms with Crippen LogP contribution in [0.3, 0.4) is 0 Å². The summed E-state index contributed by atoms with van der Waals surface area (Å²) in [6.07, 6.45) is 7.75. The molecule has 7 nitrogen and oxygen atoms in total. The fourth-order valence-corrected chi connectivity index (χ4v) is 4.88. The number of benzene rings is 2. The zero-order chi connectivity index (χ0) is 24.7. The largest absolute Gasteiger partial charge is 0.342 e. The second-order valence-electron chi connectivity index (χ2n) is 9.50. The molecule has 1 aromatic heterocycles. The lowest BCUT2D eigenvalue weighted by molar-refractivity contribution is -0.132. The third-order valence-corrected chi connectivity index (χ3v) is 6.93. The lowest BCUT2D eigenvalue weighted by Gasteiger charge is -2.34. The van der Waals surface area contributed by atoms with E-state index in [2.05, 4.69) is 17.0 Å². The van der Waals surface area contributed by atoms with Gasteiger partial charge in [0.15, 0.2) is 0 Å². The number of aromatic nitrogens is 2. The molecular formula is C29H33N5O2. The number of likely N-dealkylation sites (tertiary alicyclic amines) is 1. The van der Waals surface area contributed by atoms with Crippen molar-refractivity contribution in [2.24, 2.45) is 0 Å². The van der Waals surface area contributed by atoms with Gasteiger partial charge >= 0.3 is 0 Å². The fraction of sp³-hybridized carbons (Fsp3) is 0.345. The Morgan fingerprint density at radius 3 is 2.17 bits per heavy atom. The van der Waals surface area contributed by atoms with Gasteiger partial charge in [-0.15, -0.1) is 0 Å². The second kappa shape index (κ2) is 11.4.